The predicted molar refractivity (Wildman–Crippen MR) is 397 cm³/mol. The number of carbonyl (C=O) groups excluding carboxylic acids is 8. The third-order valence-corrected chi connectivity index (χ3v) is 25.7. The summed E-state index contributed by atoms with van der Waals surface area (Å²) in [7, 11) is -17.5. The van der Waals surface area contributed by atoms with Crippen LogP contribution in [-0.4, -0.2) is 368 Å². The molecule has 0 aromatic heterocycles. The van der Waals surface area contributed by atoms with Crippen molar-refractivity contribution >= 4 is 88.7 Å². The van der Waals surface area contributed by atoms with Crippen LogP contribution >= 0.6 is 0 Å². The predicted octanol–water partition coefficient (Wildman–Crippen LogP) is -4.49. The van der Waals surface area contributed by atoms with Crippen molar-refractivity contribution in [2.45, 2.75) is 127 Å². The maximum atomic E-state index is 15.6. The number of rotatable bonds is 24. The number of amides is 16. The zero-order chi connectivity index (χ0) is 83.7. The Kier molecular flexibility index (Phi) is 24.4. The number of carbonyl (C=O) groups is 8. The second kappa shape index (κ2) is 32.3. The molecule has 16 amide bonds. The summed E-state index contributed by atoms with van der Waals surface area (Å²) in [6, 6.07) is 0.128. The van der Waals surface area contributed by atoms with E-state index in [-0.39, 0.29) is 101 Å². The molecule has 0 unspecified atom stereocenters. The third-order valence-electron chi connectivity index (χ3n) is 22.5. The fraction of sp³-hybridized carbons (Fsp3) is 0.677. The first-order valence-corrected chi connectivity index (χ1v) is 42.9. The van der Waals surface area contributed by atoms with Crippen molar-refractivity contribution in [3.05, 3.63) is 46.5 Å². The van der Waals surface area contributed by atoms with Crippen LogP contribution in [0.3, 0.4) is 0 Å². The quantitative estimate of drug-likeness (QED) is 0.0348. The van der Waals surface area contributed by atoms with Gasteiger partial charge in [-0.15, -0.1) is 0 Å². The topological polar surface area (TPSA) is 651 Å². The molecule has 0 atom stereocenters. The molecule has 114 heavy (non-hydrogen) atoms. The molecule has 11 saturated heterocycles. The summed E-state index contributed by atoms with van der Waals surface area (Å²) in [4.78, 5) is 146. The van der Waals surface area contributed by atoms with Gasteiger partial charge in [0.15, 0.2) is 47.3 Å². The van der Waals surface area contributed by atoms with E-state index in [9.17, 15) is 51.9 Å². The van der Waals surface area contributed by atoms with Crippen LogP contribution in [0.5, 0.6) is 23.0 Å². The highest BCUT2D eigenvalue weighted by Gasteiger charge is 2.80. The van der Waals surface area contributed by atoms with Crippen LogP contribution in [0, 0.1) is 0 Å². The van der Waals surface area contributed by atoms with Crippen LogP contribution in [0.4, 0.5) is 38.4 Å². The van der Waals surface area contributed by atoms with Crippen LogP contribution in [0.15, 0.2) is 24.3 Å². The molecule has 52 heteroatoms. The van der Waals surface area contributed by atoms with Crippen molar-refractivity contribution in [2.24, 2.45) is 45.9 Å². The normalized spacial score (nSPS) is 26.5. The number of urea groups is 8. The van der Waals surface area contributed by atoms with Crippen molar-refractivity contribution in [3.8, 4) is 23.0 Å². The summed E-state index contributed by atoms with van der Waals surface area (Å²) in [6.07, 6.45) is -5.79. The van der Waals surface area contributed by atoms with Crippen molar-refractivity contribution in [1.29, 1.82) is 0 Å². The van der Waals surface area contributed by atoms with E-state index >= 15 is 38.4 Å². The maximum absolute atomic E-state index is 15.6. The van der Waals surface area contributed by atoms with E-state index in [1.54, 1.807) is 27.7 Å². The van der Waals surface area contributed by atoms with Gasteiger partial charge in [0, 0.05) is 74.6 Å². The highest BCUT2D eigenvalue weighted by molar-refractivity contribution is 7.86. The molecule has 0 aliphatic carbocycles. The van der Waals surface area contributed by atoms with Gasteiger partial charge in [0.1, 0.15) is 63.0 Å². The van der Waals surface area contributed by atoms with Crippen LogP contribution < -0.4 is 64.8 Å². The Morgan fingerprint density at radius 2 is 0.465 bits per heavy atom. The Morgan fingerprint density at radius 1 is 0.298 bits per heavy atom. The first kappa shape index (κ1) is 86.0. The van der Waals surface area contributed by atoms with Gasteiger partial charge in [0.05, 0.1) is 75.6 Å². The van der Waals surface area contributed by atoms with Crippen molar-refractivity contribution < 1.29 is 109 Å². The van der Waals surface area contributed by atoms with Gasteiger partial charge in [-0.2, -0.15) is 33.7 Å². The Labute approximate surface area is 657 Å². The number of hydrogen-bond donors (Lipinski definition) is 12. The average molecular weight is 1690 g/mol. The van der Waals surface area contributed by atoms with E-state index in [0.29, 0.717) is 74.6 Å². The second-order valence-corrected chi connectivity index (χ2v) is 35.2. The molecule has 48 nitrogen and oxygen atoms in total. The summed E-state index contributed by atoms with van der Waals surface area (Å²) >= 11 is 0. The number of nitrogens with zero attached hydrogens (tertiary/aromatic N) is 16. The number of benzene rings is 2. The Bertz CT molecular complexity index is 4030. The average Bonchev–Trinajstić information content (AvgIpc) is 1.49. The Morgan fingerprint density at radius 3 is 0.632 bits per heavy atom. The minimum absolute atomic E-state index is 0.140. The summed E-state index contributed by atoms with van der Waals surface area (Å²) in [5.74, 6) is -2.01. The van der Waals surface area contributed by atoms with Crippen LogP contribution in [-0.2, 0) is 66.7 Å². The van der Waals surface area contributed by atoms with E-state index in [1.165, 1.54) is 103 Å². The van der Waals surface area contributed by atoms with Crippen LogP contribution in [0.25, 0.3) is 0 Å². The van der Waals surface area contributed by atoms with Gasteiger partial charge in [-0.05, 0) is 77.6 Å². The minimum Gasteiger partial charge on any atom is -0.493 e. The maximum Gasteiger partial charge on any atom is 0.326 e. The Hall–Kier alpha value is -8.88. The van der Waals surface area contributed by atoms with Crippen molar-refractivity contribution in [2.75, 3.05) is 142 Å². The molecule has 11 fully saturated rings. The van der Waals surface area contributed by atoms with Gasteiger partial charge in [-0.1, -0.05) is 0 Å². The van der Waals surface area contributed by atoms with Crippen LogP contribution in [0.1, 0.15) is 75.6 Å². The van der Waals surface area contributed by atoms with E-state index in [2.05, 4.69) is 0 Å². The minimum atomic E-state index is -4.38. The zero-order valence-electron chi connectivity index (χ0n) is 63.2. The number of fused-ring (bicyclic) bond motifs is 2. The third kappa shape index (κ3) is 14.6. The smallest absolute Gasteiger partial charge is 0.326 e. The SMILES string of the molecule is CC12N3Cc4c(OCCCS(=O)(=O)O)ccc(OCCCS(=O)(=O)O)c4CN1C(=O)N1CN4C(=O)N5CN6C(=O)N7CN8C(=O)N9Cc%10c(OCCCS(=O)(=O)O)ccc(OCCCS(=O)(=O)O)c%10CN%10C(=O)N(CN%11C(=O)N(CN%12C(=O)N(CN(C3=O)C12C)C4C%125)C6C%117)C8(C)C%109C.NCCN.NCCN.NCCN.NCCN. The van der Waals surface area contributed by atoms with E-state index < -0.39 is 199 Å². The lowest BCUT2D eigenvalue weighted by Crippen LogP contribution is -2.69. The molecular formula is C62H100N24O24S4. The van der Waals surface area contributed by atoms with E-state index in [4.69, 9.17) is 64.8 Å². The van der Waals surface area contributed by atoms with Crippen molar-refractivity contribution in [1.82, 2.24) is 78.4 Å². The van der Waals surface area contributed by atoms with E-state index in [1.807, 2.05) is 0 Å². The summed E-state index contributed by atoms with van der Waals surface area (Å²) in [5.41, 5.74) is 33.7. The molecular weight excluding hydrogens is 1590 g/mol. The standard InChI is InChI=1S/C54H68N16O24S4.4C2H8N2/c1-51-53(3)67-27-59-41-39-55(43(59)71)25-57-40-42-61(45(57)73)29-69-49(77)65-23-33-34(38(94-16-8-20-98(88,89)90)12-11-37(33)93-15-7-19-97(85,86)87)24-66-50(78)70(54(69,4)52(65,66)2)30-62(42)46(74)58(40)26-56(39)44(72)60(41)28-68(53)48(76)64(51)22-32-31(21-63(51)47(67)75)35(91-13-5-17-95(79,80)81)9-10-36(32)92-14-6-18-96(82,83)84;4*3-1-2-4/h9-12,39-42H,5-8,13-30H2,1-4H3,(H,79,80,81)(H,82,83,84)(H,85,86,87)(H,88,89,90);4*1-4H2. The molecule has 13 aliphatic heterocycles. The Balaban J connectivity index is 0.000000735. The fourth-order valence-corrected chi connectivity index (χ4v) is 18.8. The van der Waals surface area contributed by atoms with Crippen LogP contribution in [0.2, 0.25) is 0 Å². The molecule has 13 heterocycles. The molecule has 13 aliphatic rings. The first-order chi connectivity index (χ1) is 53.6. The zero-order valence-corrected chi connectivity index (χ0v) is 66.5. The lowest BCUT2D eigenvalue weighted by Gasteiger charge is -2.49. The summed E-state index contributed by atoms with van der Waals surface area (Å²) < 4.78 is 155. The first-order valence-electron chi connectivity index (χ1n) is 36.5. The van der Waals surface area contributed by atoms with Gasteiger partial charge < -0.3 is 64.8 Å². The fourth-order valence-electron chi connectivity index (χ4n) is 16.9. The summed E-state index contributed by atoms with van der Waals surface area (Å²) in [5, 5.41) is 0. The molecule has 2 aromatic carbocycles. The van der Waals surface area contributed by atoms with E-state index in [0.717, 1.165) is 0 Å². The molecule has 636 valence electrons. The molecule has 15 rings (SSSR count). The lowest BCUT2D eigenvalue weighted by molar-refractivity contribution is -0.0871. The molecule has 20 N–H and O–H groups in total. The van der Waals surface area contributed by atoms with Gasteiger partial charge in [0.25, 0.3) is 40.5 Å². The van der Waals surface area contributed by atoms with Crippen molar-refractivity contribution in [3.63, 3.8) is 0 Å². The van der Waals surface area contributed by atoms with Gasteiger partial charge in [-0.25, -0.2) is 38.4 Å². The second-order valence-electron chi connectivity index (χ2n) is 29.0. The highest BCUT2D eigenvalue weighted by atomic mass is 32.2. The number of hydrogen-bond acceptors (Lipinski definition) is 28. The van der Waals surface area contributed by atoms with Gasteiger partial charge in [-0.3, -0.25) is 96.6 Å². The largest absolute Gasteiger partial charge is 0.493 e. The molecule has 0 bridgehead atoms. The number of nitrogens with two attached hydrogens (primary N) is 8. The molecule has 2 aromatic rings. The van der Waals surface area contributed by atoms with Gasteiger partial charge in [0.2, 0.25) is 0 Å². The molecule has 0 saturated carbocycles. The molecule has 0 radical (unpaired) electrons. The monoisotopic (exact) mass is 1690 g/mol. The number of ether oxygens (including phenoxy) is 4. The summed E-state index contributed by atoms with van der Waals surface area (Å²) in [6.45, 7) is 5.78. The van der Waals surface area contributed by atoms with Gasteiger partial charge >= 0.3 is 48.2 Å². The highest BCUT2D eigenvalue weighted by Crippen LogP contribution is 2.60. The molecule has 0 spiro atoms. The lowest BCUT2D eigenvalue weighted by atomic mass is 9.95.